The van der Waals surface area contributed by atoms with E-state index in [0.717, 1.165) is 44.3 Å². The zero-order valence-corrected chi connectivity index (χ0v) is 16.1. The van der Waals surface area contributed by atoms with Crippen LogP contribution in [0.25, 0.3) is 11.4 Å². The van der Waals surface area contributed by atoms with Crippen LogP contribution in [0.1, 0.15) is 42.5 Å². The summed E-state index contributed by atoms with van der Waals surface area (Å²) >= 11 is 0. The molecular weight excluding hydrogens is 352 g/mol. The fourth-order valence-corrected chi connectivity index (χ4v) is 4.04. The van der Waals surface area contributed by atoms with Gasteiger partial charge in [0.1, 0.15) is 0 Å². The fourth-order valence-electron chi connectivity index (χ4n) is 4.04. The van der Waals surface area contributed by atoms with Crippen LogP contribution in [0.3, 0.4) is 0 Å². The molecule has 2 saturated heterocycles. The second kappa shape index (κ2) is 8.50. The number of nitrogens with zero attached hydrogens (tertiary/aromatic N) is 4. The summed E-state index contributed by atoms with van der Waals surface area (Å²) in [5.74, 6) is 1.27. The lowest BCUT2D eigenvalue weighted by molar-refractivity contribution is -0.131. The topological polar surface area (TPSA) is 66.4 Å². The molecule has 2 amide bonds. The third kappa shape index (κ3) is 4.21. The number of hydrogen-bond donors (Lipinski definition) is 0. The maximum absolute atomic E-state index is 12.8. The number of hydrogen-bond acceptors (Lipinski definition) is 4. The number of carbonyl (C=O) groups excluding carboxylic acids is 2. The zero-order chi connectivity index (χ0) is 19.3. The molecule has 1 aromatic carbocycles. The highest BCUT2D eigenvalue weighted by atomic mass is 16.2. The third-order valence-electron chi connectivity index (χ3n) is 5.75. The van der Waals surface area contributed by atoms with E-state index in [1.54, 1.807) is 12.4 Å². The molecule has 28 heavy (non-hydrogen) atoms. The molecule has 2 aliphatic rings. The van der Waals surface area contributed by atoms with Crippen molar-refractivity contribution >= 4 is 11.8 Å². The van der Waals surface area contributed by atoms with E-state index >= 15 is 0 Å². The number of rotatable bonds is 4. The predicted octanol–water partition coefficient (Wildman–Crippen LogP) is 3.01. The van der Waals surface area contributed by atoms with Crippen molar-refractivity contribution in [3.05, 3.63) is 48.3 Å². The molecule has 0 radical (unpaired) electrons. The average Bonchev–Trinajstić information content (AvgIpc) is 3.30. The first-order valence-electron chi connectivity index (χ1n) is 10.2. The Morgan fingerprint density at radius 1 is 0.893 bits per heavy atom. The molecule has 4 rings (SSSR count). The molecule has 2 aromatic rings. The van der Waals surface area contributed by atoms with Gasteiger partial charge in [-0.25, -0.2) is 9.97 Å². The van der Waals surface area contributed by atoms with Gasteiger partial charge < -0.3 is 9.80 Å². The lowest BCUT2D eigenvalue weighted by Gasteiger charge is -2.32. The monoisotopic (exact) mass is 378 g/mol. The predicted molar refractivity (Wildman–Crippen MR) is 107 cm³/mol. The first-order valence-corrected chi connectivity index (χ1v) is 10.2. The van der Waals surface area contributed by atoms with E-state index in [-0.39, 0.29) is 11.8 Å². The minimum Gasteiger partial charge on any atom is -0.343 e. The van der Waals surface area contributed by atoms with Gasteiger partial charge in [0.15, 0.2) is 5.82 Å². The van der Waals surface area contributed by atoms with E-state index in [4.69, 9.17) is 0 Å². The molecule has 0 bridgehead atoms. The lowest BCUT2D eigenvalue weighted by Crippen LogP contribution is -2.40. The molecule has 6 heteroatoms. The number of piperidine rings is 1. The Balaban J connectivity index is 1.30. The summed E-state index contributed by atoms with van der Waals surface area (Å²) in [4.78, 5) is 37.6. The summed E-state index contributed by atoms with van der Waals surface area (Å²) < 4.78 is 0. The Morgan fingerprint density at radius 3 is 2.18 bits per heavy atom. The quantitative estimate of drug-likeness (QED) is 0.820. The van der Waals surface area contributed by atoms with Gasteiger partial charge in [0.25, 0.3) is 5.91 Å². The number of aromatic nitrogens is 2. The molecule has 0 saturated carbocycles. The van der Waals surface area contributed by atoms with Crippen molar-refractivity contribution in [3.8, 4) is 11.4 Å². The van der Waals surface area contributed by atoms with Gasteiger partial charge in [0.2, 0.25) is 5.91 Å². The van der Waals surface area contributed by atoms with E-state index in [9.17, 15) is 9.59 Å². The Morgan fingerprint density at radius 2 is 1.54 bits per heavy atom. The van der Waals surface area contributed by atoms with Crippen LogP contribution < -0.4 is 0 Å². The molecule has 0 unspecified atom stereocenters. The minimum atomic E-state index is -0.0241. The maximum Gasteiger partial charge on any atom is 0.256 e. The average molecular weight is 378 g/mol. The molecule has 0 N–H and O–H groups in total. The second-order valence-corrected chi connectivity index (χ2v) is 7.69. The molecule has 146 valence electrons. The highest BCUT2D eigenvalue weighted by Gasteiger charge is 2.27. The van der Waals surface area contributed by atoms with Crippen LogP contribution in [0, 0.1) is 5.92 Å². The first-order chi connectivity index (χ1) is 13.7. The zero-order valence-electron chi connectivity index (χ0n) is 16.1. The van der Waals surface area contributed by atoms with Gasteiger partial charge in [-0.15, -0.1) is 0 Å². The van der Waals surface area contributed by atoms with Crippen LogP contribution in [0.5, 0.6) is 0 Å². The van der Waals surface area contributed by atoms with Crippen molar-refractivity contribution in [1.82, 2.24) is 19.8 Å². The van der Waals surface area contributed by atoms with Gasteiger partial charge in [-0.3, -0.25) is 9.59 Å². The fraction of sp³-hybridized carbons (Fsp3) is 0.455. The van der Waals surface area contributed by atoms with Crippen molar-refractivity contribution in [2.45, 2.75) is 32.1 Å². The molecule has 2 aliphatic heterocycles. The smallest absolute Gasteiger partial charge is 0.256 e. The summed E-state index contributed by atoms with van der Waals surface area (Å²) in [6.45, 7) is 3.21. The SMILES string of the molecule is O=C(CC1CCN(C(=O)c2cnc(-c3ccccc3)nc2)CC1)N1CCCC1. The van der Waals surface area contributed by atoms with Crippen molar-refractivity contribution in [1.29, 1.82) is 0 Å². The molecule has 0 aliphatic carbocycles. The van der Waals surface area contributed by atoms with Gasteiger partial charge in [-0.05, 0) is 31.6 Å². The van der Waals surface area contributed by atoms with E-state index in [2.05, 4.69) is 9.97 Å². The summed E-state index contributed by atoms with van der Waals surface area (Å²) in [5, 5.41) is 0. The third-order valence-corrected chi connectivity index (χ3v) is 5.75. The summed E-state index contributed by atoms with van der Waals surface area (Å²) in [6.07, 6.45) is 7.87. The van der Waals surface area contributed by atoms with Crippen molar-refractivity contribution < 1.29 is 9.59 Å². The maximum atomic E-state index is 12.8. The van der Waals surface area contributed by atoms with Gasteiger partial charge in [0.05, 0.1) is 5.56 Å². The summed E-state index contributed by atoms with van der Waals surface area (Å²) in [7, 11) is 0. The summed E-state index contributed by atoms with van der Waals surface area (Å²) in [5.41, 5.74) is 1.45. The molecule has 3 heterocycles. The van der Waals surface area contributed by atoms with Crippen LogP contribution >= 0.6 is 0 Å². The standard InChI is InChI=1S/C22H26N4O2/c27-20(25-10-4-5-11-25)14-17-8-12-26(13-9-17)22(28)19-15-23-21(24-16-19)18-6-2-1-3-7-18/h1-3,6-7,15-17H,4-5,8-14H2. The Labute approximate surface area is 165 Å². The molecule has 6 nitrogen and oxygen atoms in total. The van der Waals surface area contributed by atoms with E-state index in [1.165, 1.54) is 0 Å². The van der Waals surface area contributed by atoms with Gasteiger partial charge in [-0.2, -0.15) is 0 Å². The van der Waals surface area contributed by atoms with Gasteiger partial charge >= 0.3 is 0 Å². The highest BCUT2D eigenvalue weighted by Crippen LogP contribution is 2.24. The molecule has 2 fully saturated rings. The molecular formula is C22H26N4O2. The Hall–Kier alpha value is -2.76. The number of likely N-dealkylation sites (tertiary alicyclic amines) is 2. The van der Waals surface area contributed by atoms with Crippen LogP contribution in [0.4, 0.5) is 0 Å². The lowest BCUT2D eigenvalue weighted by atomic mass is 9.92. The van der Waals surface area contributed by atoms with Crippen molar-refractivity contribution in [2.75, 3.05) is 26.2 Å². The Bertz CT molecular complexity index is 808. The first kappa shape index (κ1) is 18.6. The molecule has 0 atom stereocenters. The molecule has 0 spiro atoms. The van der Waals surface area contributed by atoms with Crippen molar-refractivity contribution in [2.24, 2.45) is 5.92 Å². The van der Waals surface area contributed by atoms with Gasteiger partial charge in [-0.1, -0.05) is 30.3 Å². The largest absolute Gasteiger partial charge is 0.343 e. The highest BCUT2D eigenvalue weighted by molar-refractivity contribution is 5.93. The minimum absolute atomic E-state index is 0.0241. The van der Waals surface area contributed by atoms with Gasteiger partial charge in [0, 0.05) is 50.6 Å². The second-order valence-electron chi connectivity index (χ2n) is 7.69. The van der Waals surface area contributed by atoms with E-state index in [0.29, 0.717) is 36.8 Å². The molecule has 1 aromatic heterocycles. The normalized spacial score (nSPS) is 17.7. The number of carbonyl (C=O) groups is 2. The van der Waals surface area contributed by atoms with Crippen molar-refractivity contribution in [3.63, 3.8) is 0 Å². The Kier molecular flexibility index (Phi) is 5.65. The van der Waals surface area contributed by atoms with Crippen LogP contribution in [0.2, 0.25) is 0 Å². The number of benzene rings is 1. The van der Waals surface area contributed by atoms with E-state index in [1.807, 2.05) is 40.1 Å². The van der Waals surface area contributed by atoms with Crippen LogP contribution in [0.15, 0.2) is 42.7 Å². The van der Waals surface area contributed by atoms with E-state index < -0.39 is 0 Å². The van der Waals surface area contributed by atoms with Crippen LogP contribution in [-0.2, 0) is 4.79 Å². The number of amides is 2. The van der Waals surface area contributed by atoms with Crippen LogP contribution in [-0.4, -0.2) is 57.8 Å². The summed E-state index contributed by atoms with van der Waals surface area (Å²) in [6, 6.07) is 9.73.